The van der Waals surface area contributed by atoms with Crippen molar-refractivity contribution in [3.63, 3.8) is 0 Å². The van der Waals surface area contributed by atoms with Crippen LogP contribution in [0.5, 0.6) is 5.75 Å². The molecular formula is C13H21IN2O2. The third-order valence-electron chi connectivity index (χ3n) is 2.47. The number of hydrogen-bond acceptors (Lipinski definition) is 2. The Balaban J connectivity index is 0.00000289. The zero-order chi connectivity index (χ0) is 13.2. The van der Waals surface area contributed by atoms with Crippen LogP contribution in [0, 0.1) is 6.92 Å². The number of benzene rings is 1. The number of halogens is 1. The molecule has 1 rings (SSSR count). The first kappa shape index (κ1) is 17.2. The molecule has 4 nitrogen and oxygen atoms in total. The van der Waals surface area contributed by atoms with Gasteiger partial charge in [0, 0.05) is 25.7 Å². The van der Waals surface area contributed by atoms with E-state index in [2.05, 4.69) is 28.1 Å². The summed E-state index contributed by atoms with van der Waals surface area (Å²) < 4.78 is 5.94. The van der Waals surface area contributed by atoms with Crippen molar-refractivity contribution >= 4 is 11.8 Å². The normalized spacial score (nSPS) is 10.6. The molecule has 0 saturated heterocycles. The molecule has 0 bridgehead atoms. The van der Waals surface area contributed by atoms with Gasteiger partial charge in [0.05, 0.1) is 21.1 Å². The minimum atomic E-state index is -0.360. The molecule has 0 N–H and O–H groups in total. The summed E-state index contributed by atoms with van der Waals surface area (Å²) in [5, 5.41) is 0. The summed E-state index contributed by atoms with van der Waals surface area (Å²) >= 11 is 0. The van der Waals surface area contributed by atoms with Gasteiger partial charge in [-0.1, -0.05) is 0 Å². The van der Waals surface area contributed by atoms with Gasteiger partial charge in [0.25, 0.3) is 0 Å². The standard InChI is InChI=1S/C13H21N2O2.HI/c1-10-7-8-11(17-13(16)14(2)3)9-12(10)15(4,5)6;/h7-9H,1-6H3;1H/q+1;/p-1. The summed E-state index contributed by atoms with van der Waals surface area (Å²) in [6.45, 7) is 2.05. The van der Waals surface area contributed by atoms with Gasteiger partial charge < -0.3 is 33.6 Å². The number of aryl methyl sites for hydroxylation is 1. The van der Waals surface area contributed by atoms with Crippen LogP contribution in [-0.4, -0.2) is 46.2 Å². The quantitative estimate of drug-likeness (QED) is 0.511. The van der Waals surface area contributed by atoms with Crippen molar-refractivity contribution in [1.29, 1.82) is 0 Å². The minimum Gasteiger partial charge on any atom is -1.00 e. The number of amides is 1. The lowest BCUT2D eigenvalue weighted by Crippen LogP contribution is -3.00. The smallest absolute Gasteiger partial charge is 0.414 e. The predicted molar refractivity (Wildman–Crippen MR) is 70.5 cm³/mol. The second-order valence-electron chi connectivity index (χ2n) is 5.22. The first-order valence-corrected chi connectivity index (χ1v) is 5.53. The average Bonchev–Trinajstić information content (AvgIpc) is 2.19. The topological polar surface area (TPSA) is 29.5 Å². The van der Waals surface area contributed by atoms with E-state index < -0.39 is 0 Å². The van der Waals surface area contributed by atoms with Crippen LogP contribution in [0.1, 0.15) is 5.56 Å². The highest BCUT2D eigenvalue weighted by Gasteiger charge is 2.17. The van der Waals surface area contributed by atoms with Crippen molar-refractivity contribution in [3.8, 4) is 5.75 Å². The second-order valence-corrected chi connectivity index (χ2v) is 5.22. The number of carbonyl (C=O) groups excluding carboxylic acids is 1. The molecule has 1 aromatic rings. The molecule has 0 fully saturated rings. The molecule has 0 spiro atoms. The van der Waals surface area contributed by atoms with Crippen LogP contribution in [0.2, 0.25) is 0 Å². The zero-order valence-corrected chi connectivity index (χ0v) is 14.0. The maximum atomic E-state index is 11.5. The molecule has 1 amide bonds. The zero-order valence-electron chi connectivity index (χ0n) is 11.8. The second kappa shape index (κ2) is 6.38. The lowest BCUT2D eigenvalue weighted by molar-refractivity contribution is -0.00000902. The Labute approximate surface area is 126 Å². The van der Waals surface area contributed by atoms with Crippen LogP contribution in [0.4, 0.5) is 10.5 Å². The van der Waals surface area contributed by atoms with Crippen molar-refractivity contribution in [2.45, 2.75) is 6.92 Å². The Bertz CT molecular complexity index is 425. The van der Waals surface area contributed by atoms with Gasteiger partial charge >= 0.3 is 6.09 Å². The predicted octanol–water partition coefficient (Wildman–Crippen LogP) is -0.744. The van der Waals surface area contributed by atoms with Gasteiger partial charge in [-0.2, -0.15) is 0 Å². The molecule has 0 aromatic heterocycles. The van der Waals surface area contributed by atoms with Crippen molar-refractivity contribution in [2.75, 3.05) is 35.2 Å². The number of carbonyl (C=O) groups is 1. The first-order valence-electron chi connectivity index (χ1n) is 5.53. The fourth-order valence-corrected chi connectivity index (χ4v) is 1.57. The molecule has 102 valence electrons. The molecule has 0 atom stereocenters. The van der Waals surface area contributed by atoms with Gasteiger partial charge in [-0.05, 0) is 19.1 Å². The Hall–Kier alpha value is -0.820. The fourth-order valence-electron chi connectivity index (χ4n) is 1.57. The number of nitrogens with zero attached hydrogens (tertiary/aromatic N) is 2. The van der Waals surface area contributed by atoms with Crippen LogP contribution >= 0.6 is 0 Å². The minimum absolute atomic E-state index is 0. The Kier molecular flexibility index (Phi) is 6.09. The largest absolute Gasteiger partial charge is 1.00 e. The average molecular weight is 364 g/mol. The highest BCUT2D eigenvalue weighted by atomic mass is 127. The summed E-state index contributed by atoms with van der Waals surface area (Å²) in [6, 6.07) is 5.70. The van der Waals surface area contributed by atoms with E-state index in [0.717, 1.165) is 5.69 Å². The van der Waals surface area contributed by atoms with Gasteiger partial charge in [-0.3, -0.25) is 4.48 Å². The van der Waals surface area contributed by atoms with E-state index >= 15 is 0 Å². The SMILES string of the molecule is Cc1ccc(OC(=O)N(C)C)cc1[N+](C)(C)C.[I-]. The van der Waals surface area contributed by atoms with Gasteiger partial charge in [0.2, 0.25) is 0 Å². The van der Waals surface area contributed by atoms with Crippen molar-refractivity contribution in [3.05, 3.63) is 23.8 Å². The van der Waals surface area contributed by atoms with E-state index in [1.165, 1.54) is 10.5 Å². The van der Waals surface area contributed by atoms with Crippen LogP contribution < -0.4 is 33.2 Å². The van der Waals surface area contributed by atoms with E-state index in [0.29, 0.717) is 10.2 Å². The van der Waals surface area contributed by atoms with E-state index in [-0.39, 0.29) is 30.1 Å². The Morgan fingerprint density at radius 2 is 1.78 bits per heavy atom. The first-order chi connectivity index (χ1) is 7.71. The Morgan fingerprint density at radius 1 is 1.22 bits per heavy atom. The van der Waals surface area contributed by atoms with Crippen LogP contribution in [0.3, 0.4) is 0 Å². The fraction of sp³-hybridized carbons (Fsp3) is 0.462. The van der Waals surface area contributed by atoms with Crippen LogP contribution in [-0.2, 0) is 0 Å². The van der Waals surface area contributed by atoms with Crippen molar-refractivity contribution in [1.82, 2.24) is 9.38 Å². The molecule has 0 unspecified atom stereocenters. The van der Waals surface area contributed by atoms with Gasteiger partial charge in [-0.15, -0.1) is 0 Å². The number of hydrogen-bond donors (Lipinski definition) is 0. The maximum Gasteiger partial charge on any atom is 0.414 e. The Morgan fingerprint density at radius 3 is 2.22 bits per heavy atom. The molecule has 0 radical (unpaired) electrons. The van der Waals surface area contributed by atoms with Crippen LogP contribution in [0.25, 0.3) is 0 Å². The van der Waals surface area contributed by atoms with E-state index in [1.807, 2.05) is 18.2 Å². The third kappa shape index (κ3) is 4.45. The third-order valence-corrected chi connectivity index (χ3v) is 2.47. The van der Waals surface area contributed by atoms with Crippen LogP contribution in [0.15, 0.2) is 18.2 Å². The number of rotatable bonds is 2. The van der Waals surface area contributed by atoms with E-state index in [4.69, 9.17) is 4.74 Å². The summed E-state index contributed by atoms with van der Waals surface area (Å²) in [5.41, 5.74) is 2.32. The summed E-state index contributed by atoms with van der Waals surface area (Å²) in [6.07, 6.45) is -0.360. The van der Waals surface area contributed by atoms with E-state index in [9.17, 15) is 4.79 Å². The van der Waals surface area contributed by atoms with Gasteiger partial charge in [0.1, 0.15) is 11.4 Å². The monoisotopic (exact) mass is 364 g/mol. The molecule has 0 saturated carbocycles. The molecule has 0 heterocycles. The summed E-state index contributed by atoms with van der Waals surface area (Å²) in [7, 11) is 9.58. The highest BCUT2D eigenvalue weighted by molar-refractivity contribution is 5.70. The van der Waals surface area contributed by atoms with Gasteiger partial charge in [-0.25, -0.2) is 4.79 Å². The number of ether oxygens (including phenoxy) is 1. The molecule has 0 aliphatic rings. The summed E-state index contributed by atoms with van der Waals surface area (Å²) in [5.74, 6) is 0.581. The van der Waals surface area contributed by atoms with E-state index in [1.54, 1.807) is 14.1 Å². The molecular weight excluding hydrogens is 343 g/mol. The lowest BCUT2D eigenvalue weighted by Gasteiger charge is -2.25. The maximum absolute atomic E-state index is 11.5. The highest BCUT2D eigenvalue weighted by Crippen LogP contribution is 2.27. The molecule has 1 aromatic carbocycles. The van der Waals surface area contributed by atoms with Crippen molar-refractivity contribution < 1.29 is 33.5 Å². The molecule has 0 aliphatic carbocycles. The molecule has 18 heavy (non-hydrogen) atoms. The van der Waals surface area contributed by atoms with Gasteiger partial charge in [0.15, 0.2) is 0 Å². The molecule has 5 heteroatoms. The summed E-state index contributed by atoms with van der Waals surface area (Å²) in [4.78, 5) is 12.9. The molecule has 0 aliphatic heterocycles. The number of quaternary nitrogens is 1. The van der Waals surface area contributed by atoms with Crippen molar-refractivity contribution in [2.24, 2.45) is 0 Å². The lowest BCUT2D eigenvalue weighted by atomic mass is 10.1.